The van der Waals surface area contributed by atoms with Crippen molar-refractivity contribution in [2.75, 3.05) is 26.8 Å². The number of fused-ring (bicyclic) bond motifs is 1. The highest BCUT2D eigenvalue weighted by Crippen LogP contribution is 2.29. The lowest BCUT2D eigenvalue weighted by atomic mass is 9.78. The number of nitrogens with one attached hydrogen (secondary N) is 3. The minimum Gasteiger partial charge on any atom is -0.384 e. The van der Waals surface area contributed by atoms with E-state index in [0.717, 1.165) is 25.9 Å². The lowest BCUT2D eigenvalue weighted by Gasteiger charge is -2.35. The van der Waals surface area contributed by atoms with Crippen LogP contribution in [0.1, 0.15) is 18.7 Å². The molecule has 1 saturated heterocycles. The van der Waals surface area contributed by atoms with Crippen LogP contribution in [-0.4, -0.2) is 42.7 Å². The third kappa shape index (κ3) is 3.35. The number of hydrogen-bond acceptors (Lipinski definition) is 4. The van der Waals surface area contributed by atoms with E-state index in [9.17, 15) is 9.18 Å². The van der Waals surface area contributed by atoms with Gasteiger partial charge in [-0.05, 0) is 44.1 Å². The maximum absolute atomic E-state index is 13.2. The molecule has 1 aliphatic rings. The number of methoxy groups -OCH3 is 1. The molecule has 3 N–H and O–H groups in total. The monoisotopic (exact) mass is 320 g/mol. The molecule has 0 spiro atoms. The van der Waals surface area contributed by atoms with Crippen LogP contribution in [0.5, 0.6) is 0 Å². The highest BCUT2D eigenvalue weighted by molar-refractivity contribution is 5.83. The van der Waals surface area contributed by atoms with Crippen LogP contribution >= 0.6 is 0 Å². The summed E-state index contributed by atoms with van der Waals surface area (Å²) in [7, 11) is 1.62. The number of amides is 1. The molecule has 2 heterocycles. The number of nitrogens with zero attached hydrogens (tertiary/aromatic N) is 1. The Bertz CT molecular complexity index is 689. The third-order valence-electron chi connectivity index (χ3n) is 4.37. The summed E-state index contributed by atoms with van der Waals surface area (Å²) in [5.41, 5.74) is 0.824. The zero-order valence-corrected chi connectivity index (χ0v) is 13.1. The van der Waals surface area contributed by atoms with Crippen molar-refractivity contribution >= 4 is 16.9 Å². The van der Waals surface area contributed by atoms with Gasteiger partial charge in [0.2, 0.25) is 5.91 Å². The molecule has 0 unspecified atom stereocenters. The SMILES string of the molecule is COCC1(C(=O)NCc2nc3ccc(F)cc3[nH]2)CCNCC1. The summed E-state index contributed by atoms with van der Waals surface area (Å²) in [5.74, 6) is 0.276. The number of halogens is 1. The molecule has 2 aromatic rings. The van der Waals surface area contributed by atoms with Crippen LogP contribution < -0.4 is 10.6 Å². The largest absolute Gasteiger partial charge is 0.384 e. The molecule has 1 amide bonds. The van der Waals surface area contributed by atoms with E-state index in [1.807, 2.05) is 0 Å². The Kier molecular flexibility index (Phi) is 4.58. The summed E-state index contributed by atoms with van der Waals surface area (Å²) < 4.78 is 18.5. The first kappa shape index (κ1) is 15.9. The van der Waals surface area contributed by atoms with E-state index in [1.165, 1.54) is 12.1 Å². The van der Waals surface area contributed by atoms with Gasteiger partial charge >= 0.3 is 0 Å². The summed E-state index contributed by atoms with van der Waals surface area (Å²) in [6, 6.07) is 4.38. The summed E-state index contributed by atoms with van der Waals surface area (Å²) in [6.07, 6.45) is 1.50. The second-order valence-corrected chi connectivity index (χ2v) is 5.99. The summed E-state index contributed by atoms with van der Waals surface area (Å²) in [5, 5.41) is 6.20. The molecule has 3 rings (SSSR count). The van der Waals surface area contributed by atoms with Gasteiger partial charge in [-0.3, -0.25) is 4.79 Å². The van der Waals surface area contributed by atoms with Gasteiger partial charge in [0.1, 0.15) is 11.6 Å². The number of benzene rings is 1. The highest BCUT2D eigenvalue weighted by Gasteiger charge is 2.39. The summed E-state index contributed by atoms with van der Waals surface area (Å²) in [6.45, 7) is 2.31. The fraction of sp³-hybridized carbons (Fsp3) is 0.500. The molecule has 1 aromatic carbocycles. The number of rotatable bonds is 5. The van der Waals surface area contributed by atoms with Crippen molar-refractivity contribution in [3.8, 4) is 0 Å². The molecule has 0 aliphatic carbocycles. The molecule has 0 bridgehead atoms. The van der Waals surface area contributed by atoms with Crippen molar-refractivity contribution in [1.82, 2.24) is 20.6 Å². The second-order valence-electron chi connectivity index (χ2n) is 5.99. The molecule has 23 heavy (non-hydrogen) atoms. The zero-order valence-electron chi connectivity index (χ0n) is 13.1. The van der Waals surface area contributed by atoms with Gasteiger partial charge in [0, 0.05) is 7.11 Å². The standard InChI is InChI=1S/C16H21FN4O2/c1-23-10-16(4-6-18-7-5-16)15(22)19-9-14-20-12-3-2-11(17)8-13(12)21-14/h2-3,8,18H,4-7,9-10H2,1H3,(H,19,22)(H,20,21). The first-order valence-corrected chi connectivity index (χ1v) is 7.75. The van der Waals surface area contributed by atoms with Gasteiger partial charge in [-0.2, -0.15) is 0 Å². The maximum atomic E-state index is 13.2. The predicted octanol–water partition coefficient (Wildman–Crippen LogP) is 1.33. The molecular weight excluding hydrogens is 299 g/mol. The summed E-state index contributed by atoms with van der Waals surface area (Å²) in [4.78, 5) is 20.0. The van der Waals surface area contributed by atoms with E-state index < -0.39 is 5.41 Å². The van der Waals surface area contributed by atoms with Crippen molar-refractivity contribution in [3.05, 3.63) is 29.8 Å². The molecule has 124 valence electrons. The Hall–Kier alpha value is -1.99. The molecule has 0 atom stereocenters. The van der Waals surface area contributed by atoms with Crippen molar-refractivity contribution in [2.24, 2.45) is 5.41 Å². The van der Waals surface area contributed by atoms with Crippen molar-refractivity contribution in [1.29, 1.82) is 0 Å². The number of hydrogen-bond donors (Lipinski definition) is 3. The van der Waals surface area contributed by atoms with Gasteiger partial charge in [0.05, 0.1) is 29.6 Å². The Balaban J connectivity index is 1.68. The van der Waals surface area contributed by atoms with E-state index >= 15 is 0 Å². The lowest BCUT2D eigenvalue weighted by Crippen LogP contribution is -2.50. The molecule has 1 fully saturated rings. The fourth-order valence-corrected chi connectivity index (χ4v) is 3.09. The van der Waals surface area contributed by atoms with E-state index in [0.29, 0.717) is 23.5 Å². The van der Waals surface area contributed by atoms with Crippen LogP contribution in [0.3, 0.4) is 0 Å². The number of carbonyl (C=O) groups is 1. The van der Waals surface area contributed by atoms with E-state index in [4.69, 9.17) is 4.74 Å². The first-order valence-electron chi connectivity index (χ1n) is 7.75. The van der Waals surface area contributed by atoms with Crippen LogP contribution in [0.15, 0.2) is 18.2 Å². The van der Waals surface area contributed by atoms with E-state index in [1.54, 1.807) is 13.2 Å². The van der Waals surface area contributed by atoms with Gasteiger partial charge < -0.3 is 20.4 Å². The predicted molar refractivity (Wildman–Crippen MR) is 84.3 cm³/mol. The van der Waals surface area contributed by atoms with Gasteiger partial charge in [-0.1, -0.05) is 0 Å². The highest BCUT2D eigenvalue weighted by atomic mass is 19.1. The third-order valence-corrected chi connectivity index (χ3v) is 4.37. The van der Waals surface area contributed by atoms with Crippen molar-refractivity contribution < 1.29 is 13.9 Å². The van der Waals surface area contributed by atoms with Crippen LogP contribution in [0, 0.1) is 11.2 Å². The second kappa shape index (κ2) is 6.64. The average Bonchev–Trinajstić information content (AvgIpc) is 2.95. The fourth-order valence-electron chi connectivity index (χ4n) is 3.09. The normalized spacial score (nSPS) is 17.3. The minimum atomic E-state index is -0.488. The van der Waals surface area contributed by atoms with E-state index in [-0.39, 0.29) is 18.3 Å². The van der Waals surface area contributed by atoms with Gasteiger partial charge in [-0.15, -0.1) is 0 Å². The Labute approximate surface area is 133 Å². The Morgan fingerprint density at radius 1 is 1.43 bits per heavy atom. The molecule has 1 aromatic heterocycles. The minimum absolute atomic E-state index is 0.0208. The van der Waals surface area contributed by atoms with Gasteiger partial charge in [0.15, 0.2) is 0 Å². The van der Waals surface area contributed by atoms with Crippen LogP contribution in [0.4, 0.5) is 4.39 Å². The van der Waals surface area contributed by atoms with Crippen molar-refractivity contribution in [3.63, 3.8) is 0 Å². The molecule has 6 nitrogen and oxygen atoms in total. The first-order chi connectivity index (χ1) is 11.1. The molecule has 0 saturated carbocycles. The number of H-pyrrole nitrogens is 1. The lowest BCUT2D eigenvalue weighted by molar-refractivity contribution is -0.136. The van der Waals surface area contributed by atoms with Crippen LogP contribution in [0.2, 0.25) is 0 Å². The molecule has 1 aliphatic heterocycles. The smallest absolute Gasteiger partial charge is 0.229 e. The zero-order chi connectivity index (χ0) is 16.3. The number of imidazole rings is 1. The van der Waals surface area contributed by atoms with Gasteiger partial charge in [-0.25, -0.2) is 9.37 Å². The van der Waals surface area contributed by atoms with Gasteiger partial charge in [0.25, 0.3) is 0 Å². The number of piperidine rings is 1. The van der Waals surface area contributed by atoms with E-state index in [2.05, 4.69) is 20.6 Å². The molecule has 0 radical (unpaired) electrons. The molecular formula is C16H21FN4O2. The number of ether oxygens (including phenoxy) is 1. The quantitative estimate of drug-likeness (QED) is 0.777. The maximum Gasteiger partial charge on any atom is 0.229 e. The summed E-state index contributed by atoms with van der Waals surface area (Å²) >= 11 is 0. The average molecular weight is 320 g/mol. The molecule has 7 heteroatoms. The number of aromatic amines is 1. The van der Waals surface area contributed by atoms with Crippen LogP contribution in [0.25, 0.3) is 11.0 Å². The van der Waals surface area contributed by atoms with Crippen LogP contribution in [-0.2, 0) is 16.1 Å². The van der Waals surface area contributed by atoms with Crippen molar-refractivity contribution in [2.45, 2.75) is 19.4 Å². The number of carbonyl (C=O) groups excluding carboxylic acids is 1. The Morgan fingerprint density at radius 2 is 2.22 bits per heavy atom. The Morgan fingerprint density at radius 3 is 2.96 bits per heavy atom. The topological polar surface area (TPSA) is 79.0 Å². The number of aromatic nitrogens is 2.